The van der Waals surface area contributed by atoms with Crippen molar-refractivity contribution >= 4 is 40.0 Å². The summed E-state index contributed by atoms with van der Waals surface area (Å²) in [6.07, 6.45) is 0. The minimum atomic E-state index is -3.28. The first kappa shape index (κ1) is 24.4. The Bertz CT molecular complexity index is 858. The number of hydrogen-bond acceptors (Lipinski definition) is 3. The van der Waals surface area contributed by atoms with Gasteiger partial charge in [-0.05, 0) is 29.7 Å². The fourth-order valence-electron chi connectivity index (χ4n) is 2.68. The average molecular weight is 516 g/mol. The van der Waals surface area contributed by atoms with Gasteiger partial charge in [0.1, 0.15) is 0 Å². The minimum Gasteiger partial charge on any atom is -0.356 e. The number of nitrogens with one attached hydrogen (secondary N) is 3. The molecule has 2 aromatic carbocycles. The molecule has 0 aromatic heterocycles. The highest BCUT2D eigenvalue weighted by molar-refractivity contribution is 14.0. The predicted octanol–water partition coefficient (Wildman–Crippen LogP) is 2.82. The largest absolute Gasteiger partial charge is 0.356 e. The van der Waals surface area contributed by atoms with Crippen molar-refractivity contribution in [3.05, 3.63) is 71.3 Å². The lowest BCUT2D eigenvalue weighted by molar-refractivity contribution is 0.587. The van der Waals surface area contributed by atoms with Crippen LogP contribution in [0.25, 0.3) is 0 Å². The fourth-order valence-corrected chi connectivity index (χ4v) is 3.44. The molecule has 6 nitrogen and oxygen atoms in total. The van der Waals surface area contributed by atoms with E-state index in [2.05, 4.69) is 39.4 Å². The van der Waals surface area contributed by atoms with Crippen LogP contribution in [0.1, 0.15) is 29.5 Å². The van der Waals surface area contributed by atoms with E-state index in [9.17, 15) is 8.42 Å². The van der Waals surface area contributed by atoms with Crippen LogP contribution in [-0.2, 0) is 22.3 Å². The molecular formula is C20H29IN4O2S. The highest BCUT2D eigenvalue weighted by Crippen LogP contribution is 2.13. The Hall–Kier alpha value is -1.65. The van der Waals surface area contributed by atoms with Gasteiger partial charge in [0.15, 0.2) is 5.96 Å². The van der Waals surface area contributed by atoms with Crippen LogP contribution in [0.2, 0.25) is 0 Å². The highest BCUT2D eigenvalue weighted by Gasteiger charge is 2.09. The quantitative estimate of drug-likeness (QED) is 0.287. The van der Waals surface area contributed by atoms with Crippen LogP contribution in [0, 0.1) is 0 Å². The van der Waals surface area contributed by atoms with Crippen molar-refractivity contribution in [1.29, 1.82) is 0 Å². The summed E-state index contributed by atoms with van der Waals surface area (Å²) in [5.74, 6) is 1.05. The smallest absolute Gasteiger partial charge is 0.215 e. The Morgan fingerprint density at radius 1 is 1.04 bits per heavy atom. The second-order valence-electron chi connectivity index (χ2n) is 6.40. The second kappa shape index (κ2) is 12.0. The molecule has 2 aromatic rings. The Labute approximate surface area is 185 Å². The molecule has 0 amide bonds. The first-order chi connectivity index (χ1) is 12.9. The number of rotatable bonds is 8. The van der Waals surface area contributed by atoms with Crippen molar-refractivity contribution < 1.29 is 8.42 Å². The third-order valence-corrected chi connectivity index (χ3v) is 5.62. The third-order valence-electron chi connectivity index (χ3n) is 4.29. The maximum Gasteiger partial charge on any atom is 0.215 e. The molecule has 1 unspecified atom stereocenters. The van der Waals surface area contributed by atoms with Crippen LogP contribution < -0.4 is 15.4 Å². The van der Waals surface area contributed by atoms with Gasteiger partial charge in [0.25, 0.3) is 0 Å². The van der Waals surface area contributed by atoms with E-state index in [1.165, 1.54) is 12.6 Å². The van der Waals surface area contributed by atoms with Crippen LogP contribution in [0.5, 0.6) is 0 Å². The molecule has 0 aliphatic carbocycles. The van der Waals surface area contributed by atoms with Gasteiger partial charge in [-0.25, -0.2) is 13.1 Å². The van der Waals surface area contributed by atoms with E-state index in [-0.39, 0.29) is 29.7 Å². The SMILES string of the molecule is CN=C(NCc1cccc(CS(=O)(=O)NC)c1)NCC(C)c1ccccc1.I. The van der Waals surface area contributed by atoms with E-state index >= 15 is 0 Å². The first-order valence-corrected chi connectivity index (χ1v) is 10.6. The number of nitrogens with zero attached hydrogens (tertiary/aromatic N) is 1. The highest BCUT2D eigenvalue weighted by atomic mass is 127. The maximum atomic E-state index is 11.7. The van der Waals surface area contributed by atoms with Crippen molar-refractivity contribution in [3.8, 4) is 0 Å². The van der Waals surface area contributed by atoms with Gasteiger partial charge in [0.2, 0.25) is 10.0 Å². The maximum absolute atomic E-state index is 11.7. The summed E-state index contributed by atoms with van der Waals surface area (Å²) in [7, 11) is -0.118. The molecule has 3 N–H and O–H groups in total. The fraction of sp³-hybridized carbons (Fsp3) is 0.350. The number of halogens is 1. The van der Waals surface area contributed by atoms with Gasteiger partial charge in [-0.3, -0.25) is 4.99 Å². The summed E-state index contributed by atoms with van der Waals surface area (Å²) in [5.41, 5.74) is 3.03. The molecule has 8 heteroatoms. The molecule has 2 rings (SSSR count). The van der Waals surface area contributed by atoms with E-state index in [0.29, 0.717) is 18.4 Å². The Kier molecular flexibility index (Phi) is 10.5. The van der Waals surface area contributed by atoms with Gasteiger partial charge in [-0.15, -0.1) is 24.0 Å². The van der Waals surface area contributed by atoms with E-state index in [1.54, 1.807) is 7.05 Å². The molecule has 28 heavy (non-hydrogen) atoms. The van der Waals surface area contributed by atoms with Crippen LogP contribution in [-0.4, -0.2) is 35.0 Å². The molecular weight excluding hydrogens is 487 g/mol. The standard InChI is InChI=1S/C20H28N4O2S.HI/c1-16(19-10-5-4-6-11-19)13-23-20(21-2)24-14-17-8-7-9-18(12-17)15-27(25,26)22-3;/h4-12,16,22H,13-15H2,1-3H3,(H2,21,23,24);1H. The van der Waals surface area contributed by atoms with Gasteiger partial charge >= 0.3 is 0 Å². The molecule has 0 aliphatic rings. The number of hydrogen-bond donors (Lipinski definition) is 3. The number of benzene rings is 2. The van der Waals surface area contributed by atoms with Crippen LogP contribution in [0.15, 0.2) is 59.6 Å². The van der Waals surface area contributed by atoms with Crippen molar-refractivity contribution in [2.75, 3.05) is 20.6 Å². The van der Waals surface area contributed by atoms with Crippen molar-refractivity contribution in [1.82, 2.24) is 15.4 Å². The van der Waals surface area contributed by atoms with Crippen LogP contribution in [0.4, 0.5) is 0 Å². The average Bonchev–Trinajstić information content (AvgIpc) is 2.68. The Balaban J connectivity index is 0.00000392. The molecule has 0 fully saturated rings. The van der Waals surface area contributed by atoms with Gasteiger partial charge in [0, 0.05) is 20.1 Å². The molecule has 0 bridgehead atoms. The van der Waals surface area contributed by atoms with Crippen molar-refractivity contribution in [2.24, 2.45) is 4.99 Å². The normalized spacial score (nSPS) is 12.8. The van der Waals surface area contributed by atoms with E-state index in [4.69, 9.17) is 0 Å². The monoisotopic (exact) mass is 516 g/mol. The summed E-state index contributed by atoms with van der Waals surface area (Å²) >= 11 is 0. The molecule has 0 saturated carbocycles. The molecule has 0 radical (unpaired) electrons. The number of guanidine groups is 1. The first-order valence-electron chi connectivity index (χ1n) is 8.92. The summed E-state index contributed by atoms with van der Waals surface area (Å²) < 4.78 is 25.7. The van der Waals surface area contributed by atoms with E-state index < -0.39 is 10.0 Å². The van der Waals surface area contributed by atoms with E-state index in [1.807, 2.05) is 42.5 Å². The van der Waals surface area contributed by atoms with Crippen molar-refractivity contribution in [3.63, 3.8) is 0 Å². The summed E-state index contributed by atoms with van der Waals surface area (Å²) in [6, 6.07) is 17.9. The number of sulfonamides is 1. The molecule has 154 valence electrons. The zero-order valence-corrected chi connectivity index (χ0v) is 19.6. The zero-order chi connectivity index (χ0) is 19.7. The summed E-state index contributed by atoms with van der Waals surface area (Å²) in [4.78, 5) is 4.25. The molecule has 1 atom stereocenters. The molecule has 0 spiro atoms. The van der Waals surface area contributed by atoms with Crippen molar-refractivity contribution in [2.45, 2.75) is 25.1 Å². The van der Waals surface area contributed by atoms with Gasteiger partial charge in [0.05, 0.1) is 5.75 Å². The lowest BCUT2D eigenvalue weighted by atomic mass is 10.0. The van der Waals surface area contributed by atoms with Gasteiger partial charge in [-0.2, -0.15) is 0 Å². The molecule has 0 aliphatic heterocycles. The molecule has 0 saturated heterocycles. The lowest BCUT2D eigenvalue weighted by Crippen LogP contribution is -2.38. The third kappa shape index (κ3) is 8.15. The predicted molar refractivity (Wildman–Crippen MR) is 127 cm³/mol. The van der Waals surface area contributed by atoms with Crippen LogP contribution >= 0.6 is 24.0 Å². The van der Waals surface area contributed by atoms with Gasteiger partial charge in [-0.1, -0.05) is 61.5 Å². The van der Waals surface area contributed by atoms with Crippen LogP contribution in [0.3, 0.4) is 0 Å². The Morgan fingerprint density at radius 3 is 2.36 bits per heavy atom. The Morgan fingerprint density at radius 2 is 1.71 bits per heavy atom. The second-order valence-corrected chi connectivity index (χ2v) is 8.33. The zero-order valence-electron chi connectivity index (χ0n) is 16.5. The topological polar surface area (TPSA) is 82.6 Å². The van der Waals surface area contributed by atoms with E-state index in [0.717, 1.165) is 17.7 Å². The molecule has 0 heterocycles. The summed E-state index contributed by atoms with van der Waals surface area (Å²) in [6.45, 7) is 3.50. The lowest BCUT2D eigenvalue weighted by Gasteiger charge is -2.16. The minimum absolute atomic E-state index is 0. The summed E-state index contributed by atoms with van der Waals surface area (Å²) in [5, 5.41) is 6.60. The number of aliphatic imine (C=N–C) groups is 1. The van der Waals surface area contributed by atoms with Gasteiger partial charge < -0.3 is 10.6 Å².